The summed E-state index contributed by atoms with van der Waals surface area (Å²) in [5, 5.41) is 8.73. The Balaban J connectivity index is 1.42. The van der Waals surface area contributed by atoms with E-state index in [9.17, 15) is 9.59 Å². The van der Waals surface area contributed by atoms with Crippen LogP contribution in [0.2, 0.25) is 0 Å². The fourth-order valence-corrected chi connectivity index (χ4v) is 2.69. The topological polar surface area (TPSA) is 83.4 Å². The lowest BCUT2D eigenvalue weighted by molar-refractivity contribution is -0.119. The van der Waals surface area contributed by atoms with E-state index in [1.165, 1.54) is 5.56 Å². The summed E-state index contributed by atoms with van der Waals surface area (Å²) in [6.07, 6.45) is 2.36. The van der Waals surface area contributed by atoms with Crippen molar-refractivity contribution < 1.29 is 14.0 Å². The second-order valence-corrected chi connectivity index (χ2v) is 6.28. The van der Waals surface area contributed by atoms with Crippen molar-refractivity contribution in [2.75, 3.05) is 18.4 Å². The number of nitrogens with one attached hydrogen (secondary N) is 3. The summed E-state index contributed by atoms with van der Waals surface area (Å²) in [5.74, 6) is 0.394. The lowest BCUT2D eigenvalue weighted by Gasteiger charge is -2.09. The molecule has 3 rings (SSSR count). The van der Waals surface area contributed by atoms with Crippen molar-refractivity contribution >= 4 is 17.5 Å². The van der Waals surface area contributed by atoms with Crippen molar-refractivity contribution in [3.05, 3.63) is 89.9 Å². The maximum atomic E-state index is 12.2. The van der Waals surface area contributed by atoms with Crippen LogP contribution in [0.3, 0.4) is 0 Å². The molecule has 28 heavy (non-hydrogen) atoms. The first-order valence-corrected chi connectivity index (χ1v) is 9.16. The largest absolute Gasteiger partial charge is 0.467 e. The molecule has 0 aliphatic heterocycles. The van der Waals surface area contributed by atoms with Crippen LogP contribution in [0, 0.1) is 0 Å². The molecule has 1 aromatic heterocycles. The van der Waals surface area contributed by atoms with E-state index in [1.54, 1.807) is 36.6 Å². The van der Waals surface area contributed by atoms with E-state index >= 15 is 0 Å². The number of furan rings is 1. The molecule has 2 aromatic carbocycles. The standard InChI is InChI=1S/C22H23N3O3/c26-21(23-12-11-17-6-2-1-3-7-17)16-24-19-9-4-8-18(14-19)22(27)25-15-20-10-5-13-28-20/h1-10,13-14,24H,11-12,15-16H2,(H,23,26)(H,25,27). The highest BCUT2D eigenvalue weighted by molar-refractivity contribution is 5.95. The molecule has 0 bridgehead atoms. The Morgan fingerprint density at radius 3 is 2.54 bits per heavy atom. The summed E-state index contributed by atoms with van der Waals surface area (Å²) in [6.45, 7) is 1.05. The van der Waals surface area contributed by atoms with Gasteiger partial charge in [-0.3, -0.25) is 9.59 Å². The van der Waals surface area contributed by atoms with Gasteiger partial charge in [0, 0.05) is 17.8 Å². The molecule has 3 aromatic rings. The van der Waals surface area contributed by atoms with Crippen molar-refractivity contribution in [2.24, 2.45) is 0 Å². The number of carbonyl (C=O) groups excluding carboxylic acids is 2. The van der Waals surface area contributed by atoms with E-state index in [0.717, 1.165) is 6.42 Å². The SMILES string of the molecule is O=C(CNc1cccc(C(=O)NCc2ccco2)c1)NCCc1ccccc1. The number of anilines is 1. The minimum atomic E-state index is -0.202. The Kier molecular flexibility index (Phi) is 6.84. The van der Waals surface area contributed by atoms with Gasteiger partial charge in [-0.1, -0.05) is 36.4 Å². The van der Waals surface area contributed by atoms with Crippen molar-refractivity contribution in [1.29, 1.82) is 0 Å². The average molecular weight is 377 g/mol. The number of carbonyl (C=O) groups is 2. The first-order valence-electron chi connectivity index (χ1n) is 9.16. The van der Waals surface area contributed by atoms with Gasteiger partial charge >= 0.3 is 0 Å². The quantitative estimate of drug-likeness (QED) is 0.535. The first-order chi connectivity index (χ1) is 13.7. The van der Waals surface area contributed by atoms with Crippen LogP contribution in [0.5, 0.6) is 0 Å². The summed E-state index contributed by atoms with van der Waals surface area (Å²) >= 11 is 0. The van der Waals surface area contributed by atoms with Crippen LogP contribution in [0.1, 0.15) is 21.7 Å². The van der Waals surface area contributed by atoms with Crippen LogP contribution in [-0.4, -0.2) is 24.9 Å². The maximum absolute atomic E-state index is 12.2. The fourth-order valence-electron chi connectivity index (χ4n) is 2.69. The smallest absolute Gasteiger partial charge is 0.251 e. The number of amides is 2. The average Bonchev–Trinajstić information content (AvgIpc) is 3.25. The van der Waals surface area contributed by atoms with Gasteiger partial charge in [0.15, 0.2) is 0 Å². The van der Waals surface area contributed by atoms with Crippen LogP contribution >= 0.6 is 0 Å². The predicted octanol–water partition coefficient (Wildman–Crippen LogP) is 2.98. The molecule has 0 atom stereocenters. The van der Waals surface area contributed by atoms with Gasteiger partial charge in [-0.25, -0.2) is 0 Å². The Bertz CT molecular complexity index is 892. The highest BCUT2D eigenvalue weighted by Crippen LogP contribution is 2.11. The molecule has 0 unspecified atom stereocenters. The van der Waals surface area contributed by atoms with Crippen LogP contribution in [0.4, 0.5) is 5.69 Å². The summed E-state index contributed by atoms with van der Waals surface area (Å²) < 4.78 is 5.20. The zero-order valence-corrected chi connectivity index (χ0v) is 15.5. The highest BCUT2D eigenvalue weighted by Gasteiger charge is 2.08. The Hall–Kier alpha value is -3.54. The minimum Gasteiger partial charge on any atom is -0.467 e. The lowest BCUT2D eigenvalue weighted by Crippen LogP contribution is -2.31. The summed E-state index contributed by atoms with van der Waals surface area (Å²) in [5.41, 5.74) is 2.41. The summed E-state index contributed by atoms with van der Waals surface area (Å²) in [4.78, 5) is 24.2. The first kappa shape index (κ1) is 19.2. The van der Waals surface area contributed by atoms with Gasteiger partial charge in [0.05, 0.1) is 19.4 Å². The molecule has 0 radical (unpaired) electrons. The summed E-state index contributed by atoms with van der Waals surface area (Å²) in [7, 11) is 0. The third kappa shape index (κ3) is 6.02. The van der Waals surface area contributed by atoms with Gasteiger partial charge in [0.1, 0.15) is 5.76 Å². The van der Waals surface area contributed by atoms with Crippen LogP contribution in [0.25, 0.3) is 0 Å². The van der Waals surface area contributed by atoms with Gasteiger partial charge in [-0.05, 0) is 42.3 Å². The molecule has 0 aliphatic carbocycles. The Labute approximate surface area is 164 Å². The second-order valence-electron chi connectivity index (χ2n) is 6.28. The van der Waals surface area contributed by atoms with E-state index < -0.39 is 0 Å². The molecule has 6 heteroatoms. The Morgan fingerprint density at radius 1 is 0.893 bits per heavy atom. The van der Waals surface area contributed by atoms with Crippen LogP contribution in [-0.2, 0) is 17.8 Å². The van der Waals surface area contributed by atoms with E-state index in [4.69, 9.17) is 4.42 Å². The van der Waals surface area contributed by atoms with Crippen LogP contribution < -0.4 is 16.0 Å². The molecule has 0 spiro atoms. The zero-order valence-electron chi connectivity index (χ0n) is 15.5. The second kappa shape index (κ2) is 9.97. The van der Waals surface area contributed by atoms with E-state index in [-0.39, 0.29) is 18.4 Å². The third-order valence-electron chi connectivity index (χ3n) is 4.16. The molecule has 0 saturated heterocycles. The monoisotopic (exact) mass is 377 g/mol. The van der Waals surface area contributed by atoms with E-state index in [2.05, 4.69) is 16.0 Å². The van der Waals surface area contributed by atoms with Gasteiger partial charge < -0.3 is 20.4 Å². The molecule has 0 aliphatic rings. The molecular weight excluding hydrogens is 354 g/mol. The van der Waals surface area contributed by atoms with Crippen molar-refractivity contribution in [2.45, 2.75) is 13.0 Å². The molecule has 1 heterocycles. The molecule has 2 amide bonds. The van der Waals surface area contributed by atoms with Crippen LogP contribution in [0.15, 0.2) is 77.4 Å². The summed E-state index contributed by atoms with van der Waals surface area (Å²) in [6, 6.07) is 20.6. The minimum absolute atomic E-state index is 0.0939. The number of rotatable bonds is 9. The molecule has 0 fully saturated rings. The predicted molar refractivity (Wildman–Crippen MR) is 108 cm³/mol. The maximum Gasteiger partial charge on any atom is 0.251 e. The van der Waals surface area contributed by atoms with Gasteiger partial charge in [-0.15, -0.1) is 0 Å². The van der Waals surface area contributed by atoms with Gasteiger partial charge in [0.25, 0.3) is 5.91 Å². The molecule has 3 N–H and O–H groups in total. The third-order valence-corrected chi connectivity index (χ3v) is 4.16. The number of hydrogen-bond acceptors (Lipinski definition) is 4. The van der Waals surface area contributed by atoms with E-state index in [0.29, 0.717) is 30.1 Å². The fraction of sp³-hybridized carbons (Fsp3) is 0.182. The van der Waals surface area contributed by atoms with Crippen molar-refractivity contribution in [3.8, 4) is 0 Å². The molecule has 0 saturated carbocycles. The van der Waals surface area contributed by atoms with E-state index in [1.807, 2.05) is 36.4 Å². The zero-order chi connectivity index (χ0) is 19.6. The molecule has 6 nitrogen and oxygen atoms in total. The van der Waals surface area contributed by atoms with Gasteiger partial charge in [0.2, 0.25) is 5.91 Å². The van der Waals surface area contributed by atoms with Crippen molar-refractivity contribution in [3.63, 3.8) is 0 Å². The molecular formula is C22H23N3O3. The number of hydrogen-bond donors (Lipinski definition) is 3. The van der Waals surface area contributed by atoms with Gasteiger partial charge in [-0.2, -0.15) is 0 Å². The molecule has 144 valence electrons. The normalized spacial score (nSPS) is 10.3. The van der Waals surface area contributed by atoms with Crippen molar-refractivity contribution in [1.82, 2.24) is 10.6 Å². The highest BCUT2D eigenvalue weighted by atomic mass is 16.3. The Morgan fingerprint density at radius 2 is 1.75 bits per heavy atom. The number of benzene rings is 2. The lowest BCUT2D eigenvalue weighted by atomic mass is 10.1.